The highest BCUT2D eigenvalue weighted by Crippen LogP contribution is 2.46. The molecule has 3 aromatic heterocycles. The van der Waals surface area contributed by atoms with Crippen LogP contribution in [0.1, 0.15) is 19.4 Å². The van der Waals surface area contributed by atoms with Crippen molar-refractivity contribution < 1.29 is 8.96 Å². The average Bonchev–Trinajstić information content (AvgIpc) is 3.20. The first-order valence-electron chi connectivity index (χ1n) is 10.6. The van der Waals surface area contributed by atoms with Crippen LogP contribution in [-0.2, 0) is 11.1 Å². The number of rotatable bonds is 5. The highest BCUT2D eigenvalue weighted by Gasteiger charge is 2.26. The first kappa shape index (κ1) is 21.3. The van der Waals surface area contributed by atoms with Gasteiger partial charge in [-0.1, -0.05) is 37.3 Å². The summed E-state index contributed by atoms with van der Waals surface area (Å²) in [6.07, 6.45) is 3.31. The van der Waals surface area contributed by atoms with Crippen molar-refractivity contribution in [3.05, 3.63) is 72.3 Å². The molecular formula is C24H22FN6OP. The van der Waals surface area contributed by atoms with E-state index >= 15 is 0 Å². The second-order valence-corrected chi connectivity index (χ2v) is 11.9. The molecule has 3 heterocycles. The average molecular weight is 460 g/mol. The maximum atomic E-state index is 14.9. The van der Waals surface area contributed by atoms with Gasteiger partial charge in [0.1, 0.15) is 13.0 Å². The first-order valence-corrected chi connectivity index (χ1v) is 12.8. The molecular weight excluding hydrogens is 438 g/mol. The van der Waals surface area contributed by atoms with Gasteiger partial charge in [0.15, 0.2) is 5.65 Å². The molecule has 0 saturated heterocycles. The maximum Gasteiger partial charge on any atom is 0.221 e. The minimum atomic E-state index is -2.80. The molecule has 0 saturated carbocycles. The monoisotopic (exact) mass is 460 g/mol. The fraction of sp³-hybridized carbons (Fsp3) is 0.208. The Bertz CT molecular complexity index is 1550. The number of hydrogen-bond acceptors (Lipinski definition) is 6. The molecule has 0 bridgehead atoms. The van der Waals surface area contributed by atoms with E-state index < -0.39 is 13.0 Å². The van der Waals surface area contributed by atoms with Gasteiger partial charge in [0.2, 0.25) is 5.65 Å². The predicted molar refractivity (Wildman–Crippen MR) is 128 cm³/mol. The molecule has 33 heavy (non-hydrogen) atoms. The molecule has 0 radical (unpaired) electrons. The number of pyridine rings is 1. The fourth-order valence-corrected chi connectivity index (χ4v) is 5.12. The van der Waals surface area contributed by atoms with Crippen LogP contribution in [0.3, 0.4) is 0 Å². The Morgan fingerprint density at radius 3 is 2.73 bits per heavy atom. The second-order valence-electron chi connectivity index (χ2n) is 8.43. The van der Waals surface area contributed by atoms with E-state index in [1.807, 2.05) is 38.1 Å². The Morgan fingerprint density at radius 1 is 1.09 bits per heavy atom. The number of aromatic nitrogens is 6. The zero-order valence-electron chi connectivity index (χ0n) is 18.5. The van der Waals surface area contributed by atoms with Gasteiger partial charge < -0.3 is 4.57 Å². The summed E-state index contributed by atoms with van der Waals surface area (Å²) in [4.78, 5) is 13.4. The molecule has 2 aromatic carbocycles. The van der Waals surface area contributed by atoms with Crippen molar-refractivity contribution in [2.45, 2.75) is 26.1 Å². The van der Waals surface area contributed by atoms with E-state index in [-0.39, 0.29) is 11.0 Å². The highest BCUT2D eigenvalue weighted by atomic mass is 31.2. The second kappa shape index (κ2) is 8.12. The van der Waals surface area contributed by atoms with Gasteiger partial charge in [-0.2, -0.15) is 0 Å². The van der Waals surface area contributed by atoms with Gasteiger partial charge in [-0.3, -0.25) is 4.98 Å². The molecule has 9 heteroatoms. The van der Waals surface area contributed by atoms with Crippen molar-refractivity contribution in [3.63, 3.8) is 0 Å². The fourth-order valence-electron chi connectivity index (χ4n) is 3.70. The van der Waals surface area contributed by atoms with Crippen molar-refractivity contribution in [2.24, 2.45) is 0 Å². The molecule has 0 amide bonds. The number of nitrogens with zero attached hydrogens (tertiary/aromatic N) is 6. The zero-order valence-corrected chi connectivity index (χ0v) is 19.4. The van der Waals surface area contributed by atoms with Gasteiger partial charge in [0, 0.05) is 28.1 Å². The summed E-state index contributed by atoms with van der Waals surface area (Å²) in [5.41, 5.74) is 3.78. The van der Waals surface area contributed by atoms with Crippen molar-refractivity contribution in [3.8, 4) is 11.3 Å². The van der Waals surface area contributed by atoms with Gasteiger partial charge in [-0.15, -0.1) is 5.10 Å². The van der Waals surface area contributed by atoms with Crippen molar-refractivity contribution >= 4 is 34.6 Å². The molecule has 0 aliphatic rings. The Balaban J connectivity index is 1.50. The van der Waals surface area contributed by atoms with Gasteiger partial charge >= 0.3 is 0 Å². The van der Waals surface area contributed by atoms with Gasteiger partial charge in [-0.05, 0) is 42.6 Å². The van der Waals surface area contributed by atoms with E-state index in [1.165, 1.54) is 6.07 Å². The summed E-state index contributed by atoms with van der Waals surface area (Å²) >= 11 is 0. The van der Waals surface area contributed by atoms with Crippen LogP contribution >= 0.6 is 7.14 Å². The minimum absolute atomic E-state index is 0.139. The van der Waals surface area contributed by atoms with Crippen LogP contribution in [0.4, 0.5) is 4.39 Å². The topological polar surface area (TPSA) is 86.5 Å². The third-order valence-corrected chi connectivity index (χ3v) is 9.22. The van der Waals surface area contributed by atoms with Crippen LogP contribution in [0.25, 0.3) is 33.5 Å². The number of benzene rings is 2. The highest BCUT2D eigenvalue weighted by molar-refractivity contribution is 7.71. The van der Waals surface area contributed by atoms with Crippen molar-refractivity contribution in [1.82, 2.24) is 29.9 Å². The normalized spacial score (nSPS) is 13.6. The van der Waals surface area contributed by atoms with Crippen molar-refractivity contribution in [1.29, 1.82) is 0 Å². The molecule has 1 unspecified atom stereocenters. The van der Waals surface area contributed by atoms with Crippen molar-refractivity contribution in [2.75, 3.05) is 6.66 Å². The molecule has 5 aromatic rings. The standard InChI is InChI=1S/C24H22FN6OP/c1-15(2)33(3,32)22-9-7-18(12-19(22)25)21-13-27-23-24(28-21)31(30-29-23)14-16-6-8-20-17(11-16)5-4-10-26-20/h4-13,15H,14H2,1-3H3. The number of fused-ring (bicyclic) bond motifs is 2. The van der Waals surface area contributed by atoms with Crippen LogP contribution in [0.2, 0.25) is 0 Å². The Hall–Kier alpha value is -3.51. The Kier molecular flexibility index (Phi) is 5.25. The van der Waals surface area contributed by atoms with E-state index in [4.69, 9.17) is 0 Å². The summed E-state index contributed by atoms with van der Waals surface area (Å²) in [6.45, 7) is 5.76. The lowest BCUT2D eigenvalue weighted by Crippen LogP contribution is -2.15. The first-order chi connectivity index (χ1) is 15.8. The van der Waals surface area contributed by atoms with Gasteiger partial charge in [-0.25, -0.2) is 19.0 Å². The number of halogens is 1. The minimum Gasteiger partial charge on any atom is -0.319 e. The molecule has 0 aliphatic heterocycles. The van der Waals surface area contributed by atoms with Crippen LogP contribution in [-0.4, -0.2) is 42.3 Å². The third kappa shape index (κ3) is 3.91. The van der Waals surface area contributed by atoms with E-state index in [9.17, 15) is 8.96 Å². The lowest BCUT2D eigenvalue weighted by Gasteiger charge is -2.18. The number of hydrogen-bond donors (Lipinski definition) is 0. The van der Waals surface area contributed by atoms with Crippen LogP contribution in [0.5, 0.6) is 0 Å². The van der Waals surface area contributed by atoms with Crippen LogP contribution in [0.15, 0.2) is 60.9 Å². The van der Waals surface area contributed by atoms with Crippen LogP contribution in [0, 0.1) is 5.82 Å². The molecule has 0 N–H and O–H groups in total. The zero-order chi connectivity index (χ0) is 23.2. The molecule has 5 rings (SSSR count). The van der Waals surface area contributed by atoms with E-state index in [0.717, 1.165) is 16.5 Å². The van der Waals surface area contributed by atoms with Gasteiger partial charge in [0.05, 0.1) is 24.0 Å². The molecule has 0 fully saturated rings. The molecule has 1 atom stereocenters. The summed E-state index contributed by atoms with van der Waals surface area (Å²) in [7, 11) is -2.80. The summed E-state index contributed by atoms with van der Waals surface area (Å²) in [5.74, 6) is -0.495. The third-order valence-electron chi connectivity index (χ3n) is 5.93. The Morgan fingerprint density at radius 2 is 1.94 bits per heavy atom. The van der Waals surface area contributed by atoms with E-state index in [1.54, 1.807) is 35.9 Å². The predicted octanol–water partition coefficient (Wildman–Crippen LogP) is 4.65. The molecule has 166 valence electrons. The quantitative estimate of drug-likeness (QED) is 0.355. The maximum absolute atomic E-state index is 14.9. The van der Waals surface area contributed by atoms with Crippen LogP contribution < -0.4 is 5.30 Å². The van der Waals surface area contributed by atoms with E-state index in [2.05, 4.69) is 31.3 Å². The molecule has 0 aliphatic carbocycles. The SMILES string of the molecule is CC(C)P(C)(=O)c1ccc(-c2cnc3nnn(Cc4ccc5ncccc5c4)c3n2)cc1F. The summed E-state index contributed by atoms with van der Waals surface area (Å²) < 4.78 is 29.5. The summed E-state index contributed by atoms with van der Waals surface area (Å²) in [5, 5.41) is 9.61. The smallest absolute Gasteiger partial charge is 0.221 e. The summed E-state index contributed by atoms with van der Waals surface area (Å²) in [6, 6.07) is 14.6. The molecule has 7 nitrogen and oxygen atoms in total. The Labute approximate surface area is 190 Å². The largest absolute Gasteiger partial charge is 0.319 e. The lowest BCUT2D eigenvalue weighted by molar-refractivity contribution is 0.575. The lowest BCUT2D eigenvalue weighted by atomic mass is 10.1. The van der Waals surface area contributed by atoms with Gasteiger partial charge in [0.25, 0.3) is 0 Å². The van der Waals surface area contributed by atoms with E-state index in [0.29, 0.717) is 29.1 Å². The molecule has 0 spiro atoms.